The Morgan fingerprint density at radius 3 is 2.62 bits per heavy atom. The number of nitrogens with zero attached hydrogens (tertiary/aromatic N) is 3. The highest BCUT2D eigenvalue weighted by molar-refractivity contribution is 6.03. The molecule has 1 fully saturated rings. The van der Waals surface area contributed by atoms with Crippen molar-refractivity contribution < 1.29 is 19.1 Å². The van der Waals surface area contributed by atoms with Crippen LogP contribution in [0, 0.1) is 12.8 Å². The number of methoxy groups -OCH3 is 2. The minimum Gasteiger partial charge on any atom is -0.479 e. The Morgan fingerprint density at radius 1 is 1.23 bits per heavy atom. The van der Waals surface area contributed by atoms with E-state index in [0.29, 0.717) is 12.2 Å². The van der Waals surface area contributed by atoms with E-state index in [0.717, 1.165) is 11.3 Å². The van der Waals surface area contributed by atoms with E-state index >= 15 is 0 Å². The number of hydrogen-bond acceptors (Lipinski definition) is 6. The number of carbonyl (C=O) groups excluding carboxylic acids is 2. The molecule has 8 nitrogen and oxygen atoms in total. The lowest BCUT2D eigenvalue weighted by Gasteiger charge is -2.17. The van der Waals surface area contributed by atoms with Crippen LogP contribution in [0.5, 0.6) is 11.9 Å². The van der Waals surface area contributed by atoms with Crippen molar-refractivity contribution >= 4 is 23.2 Å². The summed E-state index contributed by atoms with van der Waals surface area (Å²) in [6.07, 6.45) is 1.57. The third kappa shape index (κ3) is 3.58. The minimum absolute atomic E-state index is 0.0769. The van der Waals surface area contributed by atoms with Gasteiger partial charge >= 0.3 is 6.01 Å². The first-order valence-corrected chi connectivity index (χ1v) is 8.14. The Kier molecular flexibility index (Phi) is 5.01. The molecule has 3 rings (SSSR count). The van der Waals surface area contributed by atoms with Crippen LogP contribution in [0.25, 0.3) is 0 Å². The van der Waals surface area contributed by atoms with E-state index in [1.54, 1.807) is 4.90 Å². The van der Waals surface area contributed by atoms with Crippen molar-refractivity contribution in [1.29, 1.82) is 0 Å². The van der Waals surface area contributed by atoms with Gasteiger partial charge in [-0.3, -0.25) is 9.59 Å². The fourth-order valence-electron chi connectivity index (χ4n) is 2.78. The van der Waals surface area contributed by atoms with Crippen molar-refractivity contribution in [2.75, 3.05) is 31.0 Å². The predicted octanol–water partition coefficient (Wildman–Crippen LogP) is 1.79. The van der Waals surface area contributed by atoms with E-state index in [-0.39, 0.29) is 30.1 Å². The number of amides is 2. The zero-order valence-corrected chi connectivity index (χ0v) is 14.9. The average Bonchev–Trinajstić information content (AvgIpc) is 3.04. The molecule has 8 heteroatoms. The van der Waals surface area contributed by atoms with Gasteiger partial charge in [-0.25, -0.2) is 4.98 Å². The highest BCUT2D eigenvalue weighted by Gasteiger charge is 2.35. The molecule has 136 valence electrons. The minimum atomic E-state index is -0.462. The number of ether oxygens (including phenoxy) is 2. The molecule has 0 aliphatic carbocycles. The second kappa shape index (κ2) is 7.38. The SMILES string of the molecule is COc1ncc(NC(=O)C2CC(=O)N(c3ccc(C)cc3)C2)c(OC)n1. The maximum Gasteiger partial charge on any atom is 0.319 e. The van der Waals surface area contributed by atoms with Gasteiger partial charge in [0.25, 0.3) is 0 Å². The van der Waals surface area contributed by atoms with Gasteiger partial charge in [-0.05, 0) is 19.1 Å². The second-order valence-corrected chi connectivity index (χ2v) is 6.01. The summed E-state index contributed by atoms with van der Waals surface area (Å²) in [5.41, 5.74) is 2.24. The van der Waals surface area contributed by atoms with Crippen LogP contribution in [-0.4, -0.2) is 42.5 Å². The Hall–Kier alpha value is -3.16. The zero-order valence-electron chi connectivity index (χ0n) is 14.9. The van der Waals surface area contributed by atoms with E-state index in [1.165, 1.54) is 20.4 Å². The van der Waals surface area contributed by atoms with Crippen molar-refractivity contribution in [1.82, 2.24) is 9.97 Å². The highest BCUT2D eigenvalue weighted by atomic mass is 16.5. The summed E-state index contributed by atoms with van der Waals surface area (Å²) >= 11 is 0. The van der Waals surface area contributed by atoms with Gasteiger partial charge in [0.15, 0.2) is 0 Å². The highest BCUT2D eigenvalue weighted by Crippen LogP contribution is 2.28. The summed E-state index contributed by atoms with van der Waals surface area (Å²) in [6, 6.07) is 7.79. The number of carbonyl (C=O) groups is 2. The molecule has 1 unspecified atom stereocenters. The Bertz CT molecular complexity index is 822. The quantitative estimate of drug-likeness (QED) is 0.878. The zero-order chi connectivity index (χ0) is 18.7. The number of anilines is 2. The summed E-state index contributed by atoms with van der Waals surface area (Å²) in [7, 11) is 2.88. The maximum atomic E-state index is 12.6. The molecule has 1 aromatic carbocycles. The lowest BCUT2D eigenvalue weighted by molar-refractivity contribution is -0.122. The molecule has 0 spiro atoms. The van der Waals surface area contributed by atoms with Crippen molar-refractivity contribution in [2.45, 2.75) is 13.3 Å². The van der Waals surface area contributed by atoms with Crippen molar-refractivity contribution in [2.24, 2.45) is 5.92 Å². The van der Waals surface area contributed by atoms with Gasteiger partial charge in [-0.15, -0.1) is 0 Å². The normalized spacial score (nSPS) is 16.5. The van der Waals surface area contributed by atoms with Gasteiger partial charge in [-0.1, -0.05) is 17.7 Å². The van der Waals surface area contributed by atoms with Crippen LogP contribution >= 0.6 is 0 Å². The Labute approximate surface area is 151 Å². The van der Waals surface area contributed by atoms with Crippen molar-refractivity contribution in [3.05, 3.63) is 36.0 Å². The topological polar surface area (TPSA) is 93.6 Å². The largest absolute Gasteiger partial charge is 0.479 e. The molecular formula is C18H20N4O4. The second-order valence-electron chi connectivity index (χ2n) is 6.01. The summed E-state index contributed by atoms with van der Waals surface area (Å²) in [5.74, 6) is -0.618. The Morgan fingerprint density at radius 2 is 1.96 bits per heavy atom. The molecule has 2 heterocycles. The number of nitrogens with one attached hydrogen (secondary N) is 1. The van der Waals surface area contributed by atoms with E-state index in [2.05, 4.69) is 15.3 Å². The fourth-order valence-corrected chi connectivity index (χ4v) is 2.78. The van der Waals surface area contributed by atoms with Gasteiger partial charge < -0.3 is 19.7 Å². The van der Waals surface area contributed by atoms with Gasteiger partial charge in [0, 0.05) is 18.7 Å². The molecule has 0 bridgehead atoms. The van der Waals surface area contributed by atoms with Gasteiger partial charge in [0.2, 0.25) is 17.7 Å². The number of aryl methyl sites for hydroxylation is 1. The maximum absolute atomic E-state index is 12.6. The summed E-state index contributed by atoms with van der Waals surface area (Å²) in [4.78, 5) is 34.5. The van der Waals surface area contributed by atoms with Crippen LogP contribution < -0.4 is 19.7 Å². The van der Waals surface area contributed by atoms with E-state index in [1.807, 2.05) is 31.2 Å². The number of benzene rings is 1. The fraction of sp³-hybridized carbons (Fsp3) is 0.333. The monoisotopic (exact) mass is 356 g/mol. The smallest absolute Gasteiger partial charge is 0.319 e. The lowest BCUT2D eigenvalue weighted by Crippen LogP contribution is -2.28. The molecule has 1 atom stereocenters. The molecule has 2 aromatic rings. The van der Waals surface area contributed by atoms with E-state index < -0.39 is 5.92 Å². The van der Waals surface area contributed by atoms with E-state index in [9.17, 15) is 9.59 Å². The molecule has 1 aliphatic heterocycles. The van der Waals surface area contributed by atoms with Crippen LogP contribution in [0.15, 0.2) is 30.5 Å². The van der Waals surface area contributed by atoms with Crippen LogP contribution in [0.2, 0.25) is 0 Å². The molecule has 2 amide bonds. The van der Waals surface area contributed by atoms with Crippen LogP contribution in [0.1, 0.15) is 12.0 Å². The van der Waals surface area contributed by atoms with E-state index in [4.69, 9.17) is 9.47 Å². The summed E-state index contributed by atoms with van der Waals surface area (Å²) in [6.45, 7) is 2.31. The molecule has 1 aromatic heterocycles. The first kappa shape index (κ1) is 17.7. The Balaban J connectivity index is 1.71. The lowest BCUT2D eigenvalue weighted by atomic mass is 10.1. The molecular weight excluding hydrogens is 336 g/mol. The first-order chi connectivity index (χ1) is 12.5. The van der Waals surface area contributed by atoms with Crippen LogP contribution in [0.3, 0.4) is 0 Å². The summed E-state index contributed by atoms with van der Waals surface area (Å²) < 4.78 is 10.1. The number of hydrogen-bond donors (Lipinski definition) is 1. The molecule has 0 saturated carbocycles. The first-order valence-electron chi connectivity index (χ1n) is 8.14. The number of aromatic nitrogens is 2. The molecule has 1 aliphatic rings. The van der Waals surface area contributed by atoms with Gasteiger partial charge in [0.05, 0.1) is 26.3 Å². The van der Waals surface area contributed by atoms with Gasteiger partial charge in [0.1, 0.15) is 5.69 Å². The van der Waals surface area contributed by atoms with Crippen LogP contribution in [0.4, 0.5) is 11.4 Å². The molecule has 1 N–H and O–H groups in total. The molecule has 1 saturated heterocycles. The predicted molar refractivity (Wildman–Crippen MR) is 95.4 cm³/mol. The molecule has 26 heavy (non-hydrogen) atoms. The third-order valence-corrected chi connectivity index (χ3v) is 4.21. The van der Waals surface area contributed by atoms with Crippen LogP contribution in [-0.2, 0) is 9.59 Å². The molecule has 0 radical (unpaired) electrons. The standard InChI is InChI=1S/C18H20N4O4/c1-11-4-6-13(7-5-11)22-10-12(8-15(22)23)16(24)20-14-9-19-18(26-3)21-17(14)25-2/h4-7,9,12H,8,10H2,1-3H3,(H,20,24). The van der Waals surface area contributed by atoms with Gasteiger partial charge in [-0.2, -0.15) is 4.98 Å². The average molecular weight is 356 g/mol. The van der Waals surface area contributed by atoms with Crippen molar-refractivity contribution in [3.8, 4) is 11.9 Å². The number of rotatable bonds is 5. The van der Waals surface area contributed by atoms with Crippen molar-refractivity contribution in [3.63, 3.8) is 0 Å². The third-order valence-electron chi connectivity index (χ3n) is 4.21. The summed E-state index contributed by atoms with van der Waals surface area (Å²) in [5, 5.41) is 2.73.